The van der Waals surface area contributed by atoms with Crippen molar-refractivity contribution in [1.82, 2.24) is 5.32 Å². The molecule has 1 atom stereocenters. The van der Waals surface area contributed by atoms with E-state index in [1.54, 1.807) is 12.1 Å². The zero-order valence-corrected chi connectivity index (χ0v) is 10.6. The molecule has 0 bridgehead atoms. The van der Waals surface area contributed by atoms with E-state index in [2.05, 4.69) is 21.2 Å². The van der Waals surface area contributed by atoms with Crippen molar-refractivity contribution in [3.8, 4) is 0 Å². The third kappa shape index (κ3) is 3.18. The van der Waals surface area contributed by atoms with Crippen LogP contribution < -0.4 is 5.32 Å². The molecule has 0 aromatic heterocycles. The van der Waals surface area contributed by atoms with Gasteiger partial charge in [-0.3, -0.25) is 0 Å². The second-order valence-corrected chi connectivity index (χ2v) is 5.15. The van der Waals surface area contributed by atoms with Crippen LogP contribution in [0.1, 0.15) is 24.5 Å². The lowest BCUT2D eigenvalue weighted by atomic mass is 10.1. The van der Waals surface area contributed by atoms with Crippen LogP contribution in [0.4, 0.5) is 0 Å². The molecule has 0 saturated heterocycles. The van der Waals surface area contributed by atoms with E-state index < -0.39 is 6.10 Å². The lowest BCUT2D eigenvalue weighted by Gasteiger charge is -2.13. The van der Waals surface area contributed by atoms with E-state index in [0.717, 1.165) is 10.0 Å². The van der Waals surface area contributed by atoms with Crippen molar-refractivity contribution >= 4 is 27.5 Å². The van der Waals surface area contributed by atoms with Gasteiger partial charge < -0.3 is 10.4 Å². The predicted octanol–water partition coefficient (Wildman–Crippen LogP) is 2.89. The van der Waals surface area contributed by atoms with Crippen molar-refractivity contribution in [2.45, 2.75) is 25.0 Å². The van der Waals surface area contributed by atoms with Crippen molar-refractivity contribution in [2.75, 3.05) is 6.54 Å². The van der Waals surface area contributed by atoms with Gasteiger partial charge in [0, 0.05) is 22.1 Å². The Bertz CT molecular complexity index is 354. The Kier molecular flexibility index (Phi) is 3.67. The van der Waals surface area contributed by atoms with Crippen molar-refractivity contribution in [3.05, 3.63) is 33.3 Å². The average molecular weight is 291 g/mol. The molecule has 1 unspecified atom stereocenters. The Morgan fingerprint density at radius 2 is 2.27 bits per heavy atom. The molecule has 0 radical (unpaired) electrons. The number of hydrogen-bond acceptors (Lipinski definition) is 2. The Balaban J connectivity index is 1.99. The Morgan fingerprint density at radius 3 is 2.87 bits per heavy atom. The van der Waals surface area contributed by atoms with Gasteiger partial charge in [0.1, 0.15) is 0 Å². The summed E-state index contributed by atoms with van der Waals surface area (Å²) in [5, 5.41) is 13.9. The molecule has 82 valence electrons. The second-order valence-electron chi connectivity index (χ2n) is 3.86. The molecule has 1 aromatic rings. The molecular formula is C11H13BrClNO. The van der Waals surface area contributed by atoms with Crippen molar-refractivity contribution in [2.24, 2.45) is 0 Å². The van der Waals surface area contributed by atoms with Gasteiger partial charge in [0.25, 0.3) is 0 Å². The van der Waals surface area contributed by atoms with E-state index in [1.807, 2.05) is 6.07 Å². The number of nitrogens with one attached hydrogen (secondary N) is 1. The van der Waals surface area contributed by atoms with Gasteiger partial charge in [0.05, 0.1) is 6.10 Å². The van der Waals surface area contributed by atoms with Gasteiger partial charge in [-0.2, -0.15) is 0 Å². The smallest absolute Gasteiger partial charge is 0.0925 e. The van der Waals surface area contributed by atoms with E-state index in [9.17, 15) is 5.11 Å². The maximum atomic E-state index is 9.93. The third-order valence-corrected chi connectivity index (χ3v) is 3.42. The molecule has 4 heteroatoms. The first-order chi connectivity index (χ1) is 7.16. The molecule has 0 spiro atoms. The van der Waals surface area contributed by atoms with Gasteiger partial charge in [-0.1, -0.05) is 33.6 Å². The summed E-state index contributed by atoms with van der Waals surface area (Å²) in [6.45, 7) is 0.602. The lowest BCUT2D eigenvalue weighted by molar-refractivity contribution is 0.173. The molecule has 2 nitrogen and oxygen atoms in total. The Hall–Kier alpha value is -0.0900. The fourth-order valence-electron chi connectivity index (χ4n) is 1.45. The van der Waals surface area contributed by atoms with Crippen LogP contribution in [-0.2, 0) is 0 Å². The second kappa shape index (κ2) is 4.83. The van der Waals surface area contributed by atoms with Gasteiger partial charge in [-0.25, -0.2) is 0 Å². The zero-order chi connectivity index (χ0) is 10.8. The first-order valence-electron chi connectivity index (χ1n) is 5.03. The quantitative estimate of drug-likeness (QED) is 0.894. The Labute approximate surface area is 103 Å². The summed E-state index contributed by atoms with van der Waals surface area (Å²) >= 11 is 9.23. The average Bonchev–Trinajstić information content (AvgIpc) is 2.97. The third-order valence-electron chi connectivity index (χ3n) is 2.50. The topological polar surface area (TPSA) is 32.3 Å². The molecule has 0 heterocycles. The van der Waals surface area contributed by atoms with Crippen molar-refractivity contribution in [3.63, 3.8) is 0 Å². The van der Waals surface area contributed by atoms with E-state index >= 15 is 0 Å². The van der Waals surface area contributed by atoms with E-state index in [0.29, 0.717) is 17.6 Å². The molecule has 1 aromatic carbocycles. The zero-order valence-electron chi connectivity index (χ0n) is 8.21. The normalized spacial score (nSPS) is 17.8. The molecule has 2 N–H and O–H groups in total. The largest absolute Gasteiger partial charge is 0.387 e. The highest BCUT2D eigenvalue weighted by atomic mass is 79.9. The summed E-state index contributed by atoms with van der Waals surface area (Å²) in [7, 11) is 0. The minimum absolute atomic E-state index is 0.475. The van der Waals surface area contributed by atoms with Gasteiger partial charge in [-0.05, 0) is 30.5 Å². The van der Waals surface area contributed by atoms with Crippen LogP contribution in [0.15, 0.2) is 22.7 Å². The standard InChI is InChI=1S/C11H13BrClNO/c12-10-5-7(13)1-4-9(10)11(15)6-14-8-2-3-8/h1,4-5,8,11,14-15H,2-3,6H2. The van der Waals surface area contributed by atoms with Crippen molar-refractivity contribution in [1.29, 1.82) is 0 Å². The summed E-state index contributed by atoms with van der Waals surface area (Å²) in [6, 6.07) is 6.07. The maximum absolute atomic E-state index is 9.93. The molecule has 2 rings (SSSR count). The molecular weight excluding hydrogens is 277 g/mol. The van der Waals surface area contributed by atoms with Crippen LogP contribution in [0, 0.1) is 0 Å². The fraction of sp³-hybridized carbons (Fsp3) is 0.455. The predicted molar refractivity (Wildman–Crippen MR) is 65.1 cm³/mol. The van der Waals surface area contributed by atoms with Crippen LogP contribution in [0.2, 0.25) is 5.02 Å². The summed E-state index contributed by atoms with van der Waals surface area (Å²) in [5.74, 6) is 0. The molecule has 15 heavy (non-hydrogen) atoms. The van der Waals surface area contributed by atoms with Crippen molar-refractivity contribution < 1.29 is 5.11 Å². The van der Waals surface area contributed by atoms with Crippen LogP contribution in [0.25, 0.3) is 0 Å². The summed E-state index contributed by atoms with van der Waals surface area (Å²) < 4.78 is 0.861. The van der Waals surface area contributed by atoms with Crippen LogP contribution in [0.5, 0.6) is 0 Å². The number of benzene rings is 1. The highest BCUT2D eigenvalue weighted by Gasteiger charge is 2.22. The monoisotopic (exact) mass is 289 g/mol. The van der Waals surface area contributed by atoms with Crippen LogP contribution in [-0.4, -0.2) is 17.7 Å². The SMILES string of the molecule is OC(CNC1CC1)c1ccc(Cl)cc1Br. The fourth-order valence-corrected chi connectivity index (χ4v) is 2.39. The lowest BCUT2D eigenvalue weighted by Crippen LogP contribution is -2.23. The van der Waals surface area contributed by atoms with Gasteiger partial charge in [0.15, 0.2) is 0 Å². The van der Waals surface area contributed by atoms with Gasteiger partial charge >= 0.3 is 0 Å². The summed E-state index contributed by atoms with van der Waals surface area (Å²) in [5.41, 5.74) is 0.882. The molecule has 0 aliphatic heterocycles. The highest BCUT2D eigenvalue weighted by molar-refractivity contribution is 9.10. The van der Waals surface area contributed by atoms with E-state index in [1.165, 1.54) is 12.8 Å². The minimum Gasteiger partial charge on any atom is -0.387 e. The Morgan fingerprint density at radius 1 is 1.53 bits per heavy atom. The van der Waals surface area contributed by atoms with Crippen LogP contribution >= 0.6 is 27.5 Å². The number of rotatable bonds is 4. The van der Waals surface area contributed by atoms with Gasteiger partial charge in [-0.15, -0.1) is 0 Å². The minimum atomic E-state index is -0.475. The maximum Gasteiger partial charge on any atom is 0.0925 e. The van der Waals surface area contributed by atoms with E-state index in [-0.39, 0.29) is 0 Å². The number of aliphatic hydroxyl groups is 1. The number of halogens is 2. The highest BCUT2D eigenvalue weighted by Crippen LogP contribution is 2.27. The first kappa shape index (κ1) is 11.4. The number of aliphatic hydroxyl groups excluding tert-OH is 1. The molecule has 1 fully saturated rings. The first-order valence-corrected chi connectivity index (χ1v) is 6.20. The molecule has 1 aliphatic carbocycles. The molecule has 1 aliphatic rings. The molecule has 1 saturated carbocycles. The molecule has 0 amide bonds. The van der Waals surface area contributed by atoms with Gasteiger partial charge in [0.2, 0.25) is 0 Å². The van der Waals surface area contributed by atoms with E-state index in [4.69, 9.17) is 11.6 Å². The van der Waals surface area contributed by atoms with Crippen LogP contribution in [0.3, 0.4) is 0 Å². The summed E-state index contributed by atoms with van der Waals surface area (Å²) in [4.78, 5) is 0. The summed E-state index contributed by atoms with van der Waals surface area (Å²) in [6.07, 6.45) is 1.99. The number of hydrogen-bond donors (Lipinski definition) is 2.